The largest absolute Gasteiger partial charge is 0.309 e. The van der Waals surface area contributed by atoms with Crippen molar-refractivity contribution >= 4 is 55.1 Å². The molecule has 10 rings (SSSR count). The lowest BCUT2D eigenvalue weighted by Gasteiger charge is -2.21. The molecule has 0 atom stereocenters. The van der Waals surface area contributed by atoms with Crippen LogP contribution in [0.2, 0.25) is 0 Å². The molecular weight excluding hydrogens is 575 g/mol. The summed E-state index contributed by atoms with van der Waals surface area (Å²) < 4.78 is 2.45. The maximum Gasteiger partial charge on any atom is 0.0619 e. The summed E-state index contributed by atoms with van der Waals surface area (Å²) in [6.07, 6.45) is 0. The first-order chi connectivity index (χ1) is 22.8. The zero-order valence-electron chi connectivity index (χ0n) is 24.9. The lowest BCUT2D eigenvalue weighted by molar-refractivity contribution is 1.18. The van der Waals surface area contributed by atoms with Crippen LogP contribution in [0.4, 0.5) is 0 Å². The van der Waals surface area contributed by atoms with Gasteiger partial charge in [0.2, 0.25) is 0 Å². The maximum atomic E-state index is 2.45. The number of hydrogen-bond donors (Lipinski definition) is 0. The molecular formula is C44H27NS. The van der Waals surface area contributed by atoms with Crippen molar-refractivity contribution in [3.63, 3.8) is 0 Å². The van der Waals surface area contributed by atoms with E-state index in [4.69, 9.17) is 0 Å². The molecule has 2 heterocycles. The van der Waals surface area contributed by atoms with Crippen molar-refractivity contribution in [1.82, 2.24) is 4.57 Å². The molecule has 0 amide bonds. The van der Waals surface area contributed by atoms with Crippen LogP contribution in [0, 0.1) is 0 Å². The van der Waals surface area contributed by atoms with Gasteiger partial charge >= 0.3 is 0 Å². The Labute approximate surface area is 271 Å². The summed E-state index contributed by atoms with van der Waals surface area (Å²) in [6.45, 7) is 0. The quantitative estimate of drug-likeness (QED) is 0.195. The summed E-state index contributed by atoms with van der Waals surface area (Å²) >= 11 is 1.88. The van der Waals surface area contributed by atoms with Gasteiger partial charge in [-0.2, -0.15) is 0 Å². The van der Waals surface area contributed by atoms with Crippen LogP contribution in [0.3, 0.4) is 0 Å². The van der Waals surface area contributed by atoms with Gasteiger partial charge in [-0.25, -0.2) is 0 Å². The van der Waals surface area contributed by atoms with Gasteiger partial charge in [-0.05, 0) is 92.5 Å². The van der Waals surface area contributed by atoms with Crippen molar-refractivity contribution in [1.29, 1.82) is 0 Å². The second-order valence-corrected chi connectivity index (χ2v) is 13.2. The number of aromatic nitrogens is 1. The van der Waals surface area contributed by atoms with E-state index in [0.717, 1.165) is 0 Å². The molecule has 0 unspecified atom stereocenters. The first kappa shape index (κ1) is 25.7. The molecule has 9 aromatic rings. The van der Waals surface area contributed by atoms with Gasteiger partial charge in [0.15, 0.2) is 0 Å². The summed E-state index contributed by atoms with van der Waals surface area (Å²) in [5.74, 6) is 0. The highest BCUT2D eigenvalue weighted by Gasteiger charge is 2.20. The highest BCUT2D eigenvalue weighted by atomic mass is 32.2. The molecule has 0 saturated carbocycles. The summed E-state index contributed by atoms with van der Waals surface area (Å²) in [7, 11) is 0. The van der Waals surface area contributed by atoms with Gasteiger partial charge < -0.3 is 4.57 Å². The standard InChI is InChI=1S/C44H27NS/c1-2-16-34(17-3-1)45-40-27-31-11-5-4-10-30(31)25-38(40)37-20-9-18-35(44(37)45)33-15-6-14-29(24-33)32-22-23-41-39(26-32)36-19-7-12-28-13-8-21-42(46-41)43(28)36/h1-27H. The topological polar surface area (TPSA) is 4.93 Å². The van der Waals surface area contributed by atoms with E-state index in [9.17, 15) is 0 Å². The van der Waals surface area contributed by atoms with E-state index in [2.05, 4.69) is 168 Å². The highest BCUT2D eigenvalue weighted by Crippen LogP contribution is 2.49. The van der Waals surface area contributed by atoms with Crippen LogP contribution in [0.25, 0.3) is 82.4 Å². The first-order valence-electron chi connectivity index (χ1n) is 15.8. The molecule has 1 nitrogen and oxygen atoms in total. The predicted molar refractivity (Wildman–Crippen MR) is 196 cm³/mol. The molecule has 0 fully saturated rings. The number of hydrogen-bond acceptors (Lipinski definition) is 1. The van der Waals surface area contributed by atoms with E-state index >= 15 is 0 Å². The molecule has 0 aliphatic carbocycles. The fraction of sp³-hybridized carbons (Fsp3) is 0. The summed E-state index contributed by atoms with van der Waals surface area (Å²) in [5, 5.41) is 7.72. The van der Waals surface area contributed by atoms with Gasteiger partial charge in [-0.3, -0.25) is 0 Å². The minimum Gasteiger partial charge on any atom is -0.309 e. The first-order valence-corrected chi connectivity index (χ1v) is 16.6. The zero-order valence-corrected chi connectivity index (χ0v) is 25.8. The van der Waals surface area contributed by atoms with Crippen LogP contribution < -0.4 is 0 Å². The highest BCUT2D eigenvalue weighted by molar-refractivity contribution is 7.99. The lowest BCUT2D eigenvalue weighted by atomic mass is 9.93. The second kappa shape index (κ2) is 9.97. The third kappa shape index (κ3) is 3.84. The van der Waals surface area contributed by atoms with E-state index in [1.54, 1.807) is 0 Å². The molecule has 2 heteroatoms. The van der Waals surface area contributed by atoms with Crippen LogP contribution in [0.15, 0.2) is 174 Å². The van der Waals surface area contributed by atoms with Crippen LogP contribution in [-0.4, -0.2) is 4.57 Å². The third-order valence-corrected chi connectivity index (χ3v) is 10.7. The van der Waals surface area contributed by atoms with E-state index in [1.807, 2.05) is 11.8 Å². The summed E-state index contributed by atoms with van der Waals surface area (Å²) in [5.41, 5.74) is 11.2. The monoisotopic (exact) mass is 601 g/mol. The molecule has 1 aliphatic heterocycles. The van der Waals surface area contributed by atoms with Crippen molar-refractivity contribution in [2.75, 3.05) is 0 Å². The number of benzene rings is 8. The van der Waals surface area contributed by atoms with E-state index in [0.29, 0.717) is 0 Å². The van der Waals surface area contributed by atoms with Crippen molar-refractivity contribution in [2.24, 2.45) is 0 Å². The predicted octanol–water partition coefficient (Wildman–Crippen LogP) is 12.6. The van der Waals surface area contributed by atoms with E-state index < -0.39 is 0 Å². The van der Waals surface area contributed by atoms with Gasteiger partial charge in [0.05, 0.1) is 11.0 Å². The third-order valence-electron chi connectivity index (χ3n) is 9.53. The molecule has 0 saturated heterocycles. The fourth-order valence-electron chi connectivity index (χ4n) is 7.44. The summed E-state index contributed by atoms with van der Waals surface area (Å²) in [6, 6.07) is 60.3. The molecule has 0 spiro atoms. The van der Waals surface area contributed by atoms with Crippen molar-refractivity contribution in [3.05, 3.63) is 164 Å². The Morgan fingerprint density at radius 3 is 1.98 bits per heavy atom. The normalized spacial score (nSPS) is 12.3. The Balaban J connectivity index is 1.18. The lowest BCUT2D eigenvalue weighted by Crippen LogP contribution is -1.95. The number of rotatable bonds is 3. The average Bonchev–Trinajstić information content (AvgIpc) is 3.44. The molecule has 0 radical (unpaired) electrons. The van der Waals surface area contributed by atoms with Crippen molar-refractivity contribution in [2.45, 2.75) is 9.79 Å². The minimum atomic E-state index is 1.17. The van der Waals surface area contributed by atoms with Gasteiger partial charge in [-0.15, -0.1) is 0 Å². The molecule has 1 aromatic heterocycles. The fourth-order valence-corrected chi connectivity index (χ4v) is 8.57. The minimum absolute atomic E-state index is 1.17. The molecule has 46 heavy (non-hydrogen) atoms. The van der Waals surface area contributed by atoms with E-state index in [1.165, 1.54) is 92.2 Å². The zero-order chi connectivity index (χ0) is 30.2. The van der Waals surface area contributed by atoms with Crippen molar-refractivity contribution < 1.29 is 0 Å². The Morgan fingerprint density at radius 1 is 0.391 bits per heavy atom. The molecule has 8 aromatic carbocycles. The maximum absolute atomic E-state index is 2.45. The van der Waals surface area contributed by atoms with Gasteiger partial charge in [0.1, 0.15) is 0 Å². The van der Waals surface area contributed by atoms with Crippen LogP contribution in [-0.2, 0) is 0 Å². The van der Waals surface area contributed by atoms with E-state index in [-0.39, 0.29) is 0 Å². The van der Waals surface area contributed by atoms with Gasteiger partial charge in [-0.1, -0.05) is 127 Å². The molecule has 1 aliphatic rings. The SMILES string of the molecule is c1ccc(-n2c3cc4ccccc4cc3c3cccc(-c4cccc(-c5ccc6c(c5)-c5cccc7cccc(c57)S6)c4)c32)cc1. The second-order valence-electron chi connectivity index (χ2n) is 12.1. The Bertz CT molecular complexity index is 2660. The van der Waals surface area contributed by atoms with Crippen LogP contribution >= 0.6 is 11.8 Å². The van der Waals surface area contributed by atoms with Gasteiger partial charge in [0.25, 0.3) is 0 Å². The average molecular weight is 602 g/mol. The van der Waals surface area contributed by atoms with Crippen molar-refractivity contribution in [3.8, 4) is 39.1 Å². The van der Waals surface area contributed by atoms with Crippen LogP contribution in [0.1, 0.15) is 0 Å². The molecule has 0 bridgehead atoms. The number of nitrogens with zero attached hydrogens (tertiary/aromatic N) is 1. The molecule has 214 valence electrons. The summed E-state index contributed by atoms with van der Waals surface area (Å²) in [4.78, 5) is 2.65. The van der Waals surface area contributed by atoms with Gasteiger partial charge in [0, 0.05) is 37.2 Å². The smallest absolute Gasteiger partial charge is 0.0619 e. The van der Waals surface area contributed by atoms with Crippen LogP contribution in [0.5, 0.6) is 0 Å². The number of para-hydroxylation sites is 2. The molecule has 0 N–H and O–H groups in total. The number of fused-ring (bicyclic) bond motifs is 6. The Morgan fingerprint density at radius 2 is 1.09 bits per heavy atom. The Hall–Kier alpha value is -5.57. The Kier molecular flexibility index (Phi) is 5.58.